The Morgan fingerprint density at radius 1 is 1.42 bits per heavy atom. The number of rotatable bonds is 4. The van der Waals surface area contributed by atoms with Gasteiger partial charge in [-0.25, -0.2) is 0 Å². The summed E-state index contributed by atoms with van der Waals surface area (Å²) in [7, 11) is 0. The van der Waals surface area contributed by atoms with Crippen LogP contribution in [0.1, 0.15) is 11.1 Å². The van der Waals surface area contributed by atoms with E-state index in [4.69, 9.17) is 0 Å². The molecule has 1 aromatic rings. The Morgan fingerprint density at radius 2 is 2.21 bits per heavy atom. The molecule has 5 nitrogen and oxygen atoms in total. The Kier molecular flexibility index (Phi) is 4.52. The maximum absolute atomic E-state index is 11.8. The smallest absolute Gasteiger partial charge is 0.234 e. The summed E-state index contributed by atoms with van der Waals surface area (Å²) in [6, 6.07) is 7.97. The molecule has 102 valence electrons. The first-order valence-corrected chi connectivity index (χ1v) is 6.45. The minimum absolute atomic E-state index is 0.0158. The van der Waals surface area contributed by atoms with E-state index in [2.05, 4.69) is 10.6 Å². The molecule has 1 aliphatic rings. The zero-order valence-electron chi connectivity index (χ0n) is 11.1. The Bertz CT molecular complexity index is 474. The molecule has 1 heterocycles. The highest BCUT2D eigenvalue weighted by Crippen LogP contribution is 2.06. The highest BCUT2D eigenvalue weighted by Gasteiger charge is 2.18. The predicted molar refractivity (Wildman–Crippen MR) is 72.5 cm³/mol. The lowest BCUT2D eigenvalue weighted by Gasteiger charge is -2.25. The molecule has 2 N–H and O–H groups in total. The molecule has 0 aliphatic carbocycles. The monoisotopic (exact) mass is 261 g/mol. The van der Waals surface area contributed by atoms with E-state index in [0.29, 0.717) is 19.6 Å². The summed E-state index contributed by atoms with van der Waals surface area (Å²) in [6.45, 7) is 4.48. The maximum Gasteiger partial charge on any atom is 0.234 e. The number of carbonyl (C=O) groups is 2. The second kappa shape index (κ2) is 6.33. The normalized spacial score (nSPS) is 15.9. The Hall–Kier alpha value is -1.88. The molecule has 0 atom stereocenters. The maximum atomic E-state index is 11.8. The van der Waals surface area contributed by atoms with Crippen LogP contribution in [0.15, 0.2) is 24.3 Å². The molecule has 19 heavy (non-hydrogen) atoms. The van der Waals surface area contributed by atoms with Gasteiger partial charge in [-0.1, -0.05) is 24.3 Å². The van der Waals surface area contributed by atoms with E-state index in [9.17, 15) is 9.59 Å². The molecular formula is C14H19N3O2. The van der Waals surface area contributed by atoms with Crippen molar-refractivity contribution < 1.29 is 9.59 Å². The highest BCUT2D eigenvalue weighted by molar-refractivity contribution is 5.81. The quantitative estimate of drug-likeness (QED) is 0.804. The summed E-state index contributed by atoms with van der Waals surface area (Å²) in [5.41, 5.74) is 2.28. The first-order valence-electron chi connectivity index (χ1n) is 6.45. The van der Waals surface area contributed by atoms with Gasteiger partial charge in [-0.3, -0.25) is 14.5 Å². The van der Waals surface area contributed by atoms with Gasteiger partial charge < -0.3 is 10.6 Å². The number of benzene rings is 1. The highest BCUT2D eigenvalue weighted by atomic mass is 16.2. The Labute approximate surface area is 113 Å². The van der Waals surface area contributed by atoms with E-state index >= 15 is 0 Å². The number of hydrogen-bond acceptors (Lipinski definition) is 3. The molecule has 5 heteroatoms. The fourth-order valence-electron chi connectivity index (χ4n) is 2.09. The molecule has 0 radical (unpaired) electrons. The predicted octanol–water partition coefficient (Wildman–Crippen LogP) is 0.0430. The summed E-state index contributed by atoms with van der Waals surface area (Å²) >= 11 is 0. The van der Waals surface area contributed by atoms with Crippen molar-refractivity contribution >= 4 is 11.8 Å². The number of nitrogens with one attached hydrogen (secondary N) is 2. The Morgan fingerprint density at radius 3 is 2.95 bits per heavy atom. The first kappa shape index (κ1) is 13.5. The van der Waals surface area contributed by atoms with Gasteiger partial charge in [0.25, 0.3) is 0 Å². The molecule has 2 amide bonds. The van der Waals surface area contributed by atoms with Gasteiger partial charge in [0, 0.05) is 19.6 Å². The topological polar surface area (TPSA) is 61.4 Å². The van der Waals surface area contributed by atoms with Crippen LogP contribution in [0.25, 0.3) is 0 Å². The largest absolute Gasteiger partial charge is 0.354 e. The summed E-state index contributed by atoms with van der Waals surface area (Å²) in [4.78, 5) is 24.9. The van der Waals surface area contributed by atoms with E-state index in [1.54, 1.807) is 0 Å². The summed E-state index contributed by atoms with van der Waals surface area (Å²) in [5, 5.41) is 5.63. The van der Waals surface area contributed by atoms with Gasteiger partial charge >= 0.3 is 0 Å². The van der Waals surface area contributed by atoms with E-state index < -0.39 is 0 Å². The van der Waals surface area contributed by atoms with Crippen molar-refractivity contribution in [3.63, 3.8) is 0 Å². The van der Waals surface area contributed by atoms with Crippen LogP contribution in [0, 0.1) is 6.92 Å². The third-order valence-corrected chi connectivity index (χ3v) is 3.22. The number of piperazine rings is 1. The lowest BCUT2D eigenvalue weighted by atomic mass is 10.1. The zero-order valence-corrected chi connectivity index (χ0v) is 11.1. The summed E-state index contributed by atoms with van der Waals surface area (Å²) in [5.74, 6) is -0.0593. The number of aryl methyl sites for hydroxylation is 1. The van der Waals surface area contributed by atoms with Crippen molar-refractivity contribution in [2.75, 3.05) is 26.2 Å². The first-order chi connectivity index (χ1) is 9.15. The van der Waals surface area contributed by atoms with Crippen molar-refractivity contribution in [2.45, 2.75) is 13.5 Å². The van der Waals surface area contributed by atoms with Crippen LogP contribution in [0.3, 0.4) is 0 Å². The number of carbonyl (C=O) groups excluding carboxylic acids is 2. The average Bonchev–Trinajstić information content (AvgIpc) is 2.38. The average molecular weight is 261 g/mol. The minimum Gasteiger partial charge on any atom is -0.354 e. The van der Waals surface area contributed by atoms with Crippen molar-refractivity contribution in [2.24, 2.45) is 0 Å². The van der Waals surface area contributed by atoms with E-state index in [0.717, 1.165) is 12.1 Å². The van der Waals surface area contributed by atoms with Gasteiger partial charge in [-0.15, -0.1) is 0 Å². The fourth-order valence-corrected chi connectivity index (χ4v) is 2.09. The van der Waals surface area contributed by atoms with Gasteiger partial charge in [-0.05, 0) is 18.1 Å². The number of amides is 2. The lowest BCUT2D eigenvalue weighted by molar-refractivity contribution is -0.127. The fraction of sp³-hybridized carbons (Fsp3) is 0.429. The number of hydrogen-bond donors (Lipinski definition) is 2. The van der Waals surface area contributed by atoms with Gasteiger partial charge in [0.1, 0.15) is 0 Å². The van der Waals surface area contributed by atoms with Gasteiger partial charge in [0.05, 0.1) is 13.1 Å². The lowest BCUT2D eigenvalue weighted by Crippen LogP contribution is -2.50. The number of nitrogens with zero attached hydrogens (tertiary/aromatic N) is 1. The molecule has 1 fully saturated rings. The molecule has 0 unspecified atom stereocenters. The van der Waals surface area contributed by atoms with Crippen LogP contribution in [0.2, 0.25) is 0 Å². The van der Waals surface area contributed by atoms with E-state index in [-0.39, 0.29) is 18.4 Å². The third-order valence-electron chi connectivity index (χ3n) is 3.22. The summed E-state index contributed by atoms with van der Waals surface area (Å²) in [6.07, 6.45) is 0. The molecule has 2 rings (SSSR count). The van der Waals surface area contributed by atoms with Crippen molar-refractivity contribution in [1.82, 2.24) is 15.5 Å². The van der Waals surface area contributed by atoms with Crippen molar-refractivity contribution in [3.8, 4) is 0 Å². The van der Waals surface area contributed by atoms with Crippen LogP contribution in [-0.2, 0) is 16.1 Å². The van der Waals surface area contributed by atoms with Crippen LogP contribution in [0.5, 0.6) is 0 Å². The molecule has 1 saturated heterocycles. The standard InChI is InChI=1S/C14H19N3O2/c1-11-4-2-3-5-12(11)8-16-14(19)10-17-7-6-15-13(18)9-17/h2-5H,6-10H2,1H3,(H,15,18)(H,16,19). The second-order valence-corrected chi connectivity index (χ2v) is 4.76. The second-order valence-electron chi connectivity index (χ2n) is 4.76. The molecule has 0 aromatic heterocycles. The van der Waals surface area contributed by atoms with E-state index in [1.165, 1.54) is 5.56 Å². The van der Waals surface area contributed by atoms with Crippen molar-refractivity contribution in [3.05, 3.63) is 35.4 Å². The van der Waals surface area contributed by atoms with Crippen LogP contribution >= 0.6 is 0 Å². The SMILES string of the molecule is Cc1ccccc1CNC(=O)CN1CCNC(=O)C1. The molecule has 0 saturated carbocycles. The zero-order chi connectivity index (χ0) is 13.7. The molecule has 1 aliphatic heterocycles. The minimum atomic E-state index is -0.0436. The van der Waals surface area contributed by atoms with Crippen molar-refractivity contribution in [1.29, 1.82) is 0 Å². The molecule has 0 bridgehead atoms. The summed E-state index contributed by atoms with van der Waals surface area (Å²) < 4.78 is 0. The molecule has 0 spiro atoms. The molecular weight excluding hydrogens is 242 g/mol. The van der Waals surface area contributed by atoms with Gasteiger partial charge in [-0.2, -0.15) is 0 Å². The van der Waals surface area contributed by atoms with Crippen LogP contribution in [-0.4, -0.2) is 42.9 Å². The van der Waals surface area contributed by atoms with Crippen LogP contribution in [0.4, 0.5) is 0 Å². The van der Waals surface area contributed by atoms with Crippen LogP contribution < -0.4 is 10.6 Å². The Balaban J connectivity index is 1.78. The van der Waals surface area contributed by atoms with E-state index in [1.807, 2.05) is 36.1 Å². The van der Waals surface area contributed by atoms with Gasteiger partial charge in [0.2, 0.25) is 11.8 Å². The molecule has 1 aromatic carbocycles. The van der Waals surface area contributed by atoms with Gasteiger partial charge in [0.15, 0.2) is 0 Å². The third kappa shape index (κ3) is 4.06.